The van der Waals surface area contributed by atoms with Gasteiger partial charge in [-0.1, -0.05) is 0 Å². The van der Waals surface area contributed by atoms with E-state index in [2.05, 4.69) is 0 Å². The molecule has 1 aliphatic rings. The second kappa shape index (κ2) is 6.55. The van der Waals surface area contributed by atoms with Crippen LogP contribution in [0, 0.1) is 0 Å². The number of nitrogens with zero attached hydrogens (tertiary/aromatic N) is 2. The van der Waals surface area contributed by atoms with Gasteiger partial charge in [0.2, 0.25) is 0 Å². The van der Waals surface area contributed by atoms with Crippen molar-refractivity contribution in [2.24, 2.45) is 0 Å². The molecule has 0 aromatic carbocycles. The van der Waals surface area contributed by atoms with Gasteiger partial charge in [0.05, 0.1) is 0 Å². The molecule has 1 saturated heterocycles. The molecule has 21 heavy (non-hydrogen) atoms. The van der Waals surface area contributed by atoms with Crippen molar-refractivity contribution in [3.05, 3.63) is 0 Å². The Morgan fingerprint density at radius 2 is 1.67 bits per heavy atom. The average Bonchev–Trinajstić information content (AvgIpc) is 2.35. The lowest BCUT2D eigenvalue weighted by atomic mass is 10.2. The van der Waals surface area contributed by atoms with Crippen LogP contribution in [-0.4, -0.2) is 71.2 Å². The minimum Gasteiger partial charge on any atom is -0.477 e. The summed E-state index contributed by atoms with van der Waals surface area (Å²) in [5.41, 5.74) is -0.572. The molecule has 8 heteroatoms. The van der Waals surface area contributed by atoms with Gasteiger partial charge in [-0.3, -0.25) is 4.90 Å². The third-order valence-electron chi connectivity index (χ3n) is 3.08. The Hall–Kier alpha value is -1.44. The standard InChI is InChI=1S/C13H22F2N2O4/c1-12(2,3)21-11(20)17-8-6-16(7-9-17)5-4-13(14,15)10(18)19/h4-9H2,1-3H3,(H,18,19). The molecule has 0 spiro atoms. The van der Waals surface area contributed by atoms with Gasteiger partial charge < -0.3 is 14.7 Å². The number of rotatable bonds is 4. The van der Waals surface area contributed by atoms with E-state index < -0.39 is 30.0 Å². The summed E-state index contributed by atoms with van der Waals surface area (Å²) in [4.78, 5) is 25.4. The van der Waals surface area contributed by atoms with Gasteiger partial charge in [-0.2, -0.15) is 8.78 Å². The fraction of sp³-hybridized carbons (Fsp3) is 0.846. The molecule has 0 unspecified atom stereocenters. The minimum atomic E-state index is -3.71. The normalized spacial score (nSPS) is 17.7. The van der Waals surface area contributed by atoms with Crippen molar-refractivity contribution >= 4 is 12.1 Å². The van der Waals surface area contributed by atoms with E-state index in [4.69, 9.17) is 9.84 Å². The lowest BCUT2D eigenvalue weighted by Crippen LogP contribution is -2.50. The number of piperazine rings is 1. The van der Waals surface area contributed by atoms with E-state index in [1.807, 2.05) is 0 Å². The summed E-state index contributed by atoms with van der Waals surface area (Å²) < 4.78 is 31.2. The third-order valence-corrected chi connectivity index (χ3v) is 3.08. The van der Waals surface area contributed by atoms with Gasteiger partial charge in [-0.25, -0.2) is 9.59 Å². The number of carboxylic acids is 1. The number of alkyl halides is 2. The smallest absolute Gasteiger partial charge is 0.410 e. The Labute approximate surface area is 122 Å². The van der Waals surface area contributed by atoms with Crippen molar-refractivity contribution in [1.82, 2.24) is 9.80 Å². The van der Waals surface area contributed by atoms with Gasteiger partial charge >= 0.3 is 18.0 Å². The van der Waals surface area contributed by atoms with Crippen LogP contribution in [0.25, 0.3) is 0 Å². The molecule has 1 aliphatic heterocycles. The molecule has 0 saturated carbocycles. The summed E-state index contributed by atoms with van der Waals surface area (Å²) in [6.45, 7) is 6.92. The number of carbonyl (C=O) groups excluding carboxylic acids is 1. The third kappa shape index (κ3) is 5.82. The first kappa shape index (κ1) is 17.6. The van der Waals surface area contributed by atoms with Gasteiger partial charge in [-0.05, 0) is 20.8 Å². The summed E-state index contributed by atoms with van der Waals surface area (Å²) in [5, 5.41) is 8.36. The van der Waals surface area contributed by atoms with E-state index in [9.17, 15) is 18.4 Å². The Morgan fingerprint density at radius 3 is 2.10 bits per heavy atom. The molecular weight excluding hydrogens is 286 g/mol. The quantitative estimate of drug-likeness (QED) is 0.855. The Balaban J connectivity index is 2.36. The summed E-state index contributed by atoms with van der Waals surface area (Å²) in [5.74, 6) is -5.81. The van der Waals surface area contributed by atoms with Crippen LogP contribution in [0.1, 0.15) is 27.2 Å². The topological polar surface area (TPSA) is 70.1 Å². The summed E-state index contributed by atoms with van der Waals surface area (Å²) in [7, 11) is 0. The van der Waals surface area contributed by atoms with Crippen LogP contribution in [0.2, 0.25) is 0 Å². The number of hydrogen-bond donors (Lipinski definition) is 1. The van der Waals surface area contributed by atoms with Crippen molar-refractivity contribution in [3.8, 4) is 0 Å². The maximum Gasteiger partial charge on any atom is 0.410 e. The summed E-state index contributed by atoms with van der Waals surface area (Å²) >= 11 is 0. The first-order valence-corrected chi connectivity index (χ1v) is 6.83. The first-order chi connectivity index (χ1) is 9.51. The maximum atomic E-state index is 13.0. The Kier molecular flexibility index (Phi) is 5.49. The van der Waals surface area contributed by atoms with Gasteiger partial charge in [-0.15, -0.1) is 0 Å². The lowest BCUT2D eigenvalue weighted by Gasteiger charge is -2.35. The Bertz CT molecular complexity index is 388. The number of aliphatic carboxylic acids is 1. The van der Waals surface area contributed by atoms with Gasteiger partial charge in [0.15, 0.2) is 0 Å². The van der Waals surface area contributed by atoms with E-state index in [1.165, 1.54) is 4.90 Å². The van der Waals surface area contributed by atoms with Crippen LogP contribution in [0.3, 0.4) is 0 Å². The van der Waals surface area contributed by atoms with Crippen molar-refractivity contribution in [2.75, 3.05) is 32.7 Å². The molecule has 1 rings (SSSR count). The van der Waals surface area contributed by atoms with E-state index in [-0.39, 0.29) is 6.54 Å². The zero-order valence-corrected chi connectivity index (χ0v) is 12.6. The average molecular weight is 308 g/mol. The number of ether oxygens (including phenoxy) is 1. The molecule has 122 valence electrons. The molecule has 1 fully saturated rings. The maximum absolute atomic E-state index is 13.0. The van der Waals surface area contributed by atoms with Crippen molar-refractivity contribution in [1.29, 1.82) is 0 Å². The van der Waals surface area contributed by atoms with Crippen molar-refractivity contribution in [2.45, 2.75) is 38.7 Å². The molecule has 0 radical (unpaired) electrons. The SMILES string of the molecule is CC(C)(C)OC(=O)N1CCN(CCC(F)(F)C(=O)O)CC1. The predicted octanol–water partition coefficient (Wildman–Crippen LogP) is 1.65. The molecule has 1 heterocycles. The predicted molar refractivity (Wildman–Crippen MR) is 71.4 cm³/mol. The largest absolute Gasteiger partial charge is 0.477 e. The molecule has 6 nitrogen and oxygen atoms in total. The molecule has 0 aromatic rings. The first-order valence-electron chi connectivity index (χ1n) is 6.83. The molecule has 0 aliphatic carbocycles. The van der Waals surface area contributed by atoms with Gasteiger partial charge in [0.25, 0.3) is 0 Å². The highest BCUT2D eigenvalue weighted by Gasteiger charge is 2.39. The van der Waals surface area contributed by atoms with Crippen LogP contribution < -0.4 is 0 Å². The highest BCUT2D eigenvalue weighted by atomic mass is 19.3. The number of halogens is 2. The number of carboxylic acid groups (broad SMARTS) is 1. The number of hydrogen-bond acceptors (Lipinski definition) is 4. The highest BCUT2D eigenvalue weighted by molar-refractivity contribution is 5.75. The highest BCUT2D eigenvalue weighted by Crippen LogP contribution is 2.19. The zero-order valence-electron chi connectivity index (χ0n) is 12.6. The number of amides is 1. The molecule has 0 aromatic heterocycles. The lowest BCUT2D eigenvalue weighted by molar-refractivity contribution is -0.166. The second-order valence-corrected chi connectivity index (χ2v) is 6.07. The molecule has 0 bridgehead atoms. The van der Waals surface area contributed by atoms with Crippen LogP contribution in [-0.2, 0) is 9.53 Å². The molecule has 1 amide bonds. The Morgan fingerprint density at radius 1 is 1.14 bits per heavy atom. The van der Waals surface area contributed by atoms with Gasteiger partial charge in [0.1, 0.15) is 5.60 Å². The van der Waals surface area contributed by atoms with Crippen molar-refractivity contribution < 1.29 is 28.2 Å². The molecule has 0 atom stereocenters. The van der Waals surface area contributed by atoms with Crippen LogP contribution in [0.4, 0.5) is 13.6 Å². The fourth-order valence-corrected chi connectivity index (χ4v) is 1.89. The van der Waals surface area contributed by atoms with Crippen LogP contribution in [0.15, 0.2) is 0 Å². The van der Waals surface area contributed by atoms with E-state index in [0.29, 0.717) is 26.2 Å². The van der Waals surface area contributed by atoms with Crippen LogP contribution in [0.5, 0.6) is 0 Å². The minimum absolute atomic E-state index is 0.0124. The molecule has 1 N–H and O–H groups in total. The fourth-order valence-electron chi connectivity index (χ4n) is 1.89. The summed E-state index contributed by atoms with van der Waals surface area (Å²) in [6.07, 6.45) is -1.15. The van der Waals surface area contributed by atoms with Gasteiger partial charge in [0, 0.05) is 39.1 Å². The van der Waals surface area contributed by atoms with Crippen LogP contribution >= 0.6 is 0 Å². The summed E-state index contributed by atoms with van der Waals surface area (Å²) in [6, 6.07) is 0. The second-order valence-electron chi connectivity index (χ2n) is 6.07. The van der Waals surface area contributed by atoms with E-state index in [1.54, 1.807) is 25.7 Å². The van der Waals surface area contributed by atoms with E-state index in [0.717, 1.165) is 0 Å². The van der Waals surface area contributed by atoms with E-state index >= 15 is 0 Å². The van der Waals surface area contributed by atoms with Crippen molar-refractivity contribution in [3.63, 3.8) is 0 Å². The zero-order chi connectivity index (χ0) is 16.3. The molecular formula is C13H22F2N2O4. The monoisotopic (exact) mass is 308 g/mol. The number of carbonyl (C=O) groups is 2.